The van der Waals surface area contributed by atoms with Crippen LogP contribution in [-0.2, 0) is 6.42 Å². The van der Waals surface area contributed by atoms with Gasteiger partial charge in [0, 0.05) is 36.1 Å². The molecule has 2 heterocycles. The molecule has 0 unspecified atom stereocenters. The van der Waals surface area contributed by atoms with Crippen LogP contribution < -0.4 is 4.74 Å². The summed E-state index contributed by atoms with van der Waals surface area (Å²) in [7, 11) is 1.62. The maximum absolute atomic E-state index is 12.5. The maximum Gasteiger partial charge on any atom is 0.244 e. The van der Waals surface area contributed by atoms with Crippen molar-refractivity contribution in [3.63, 3.8) is 0 Å². The van der Waals surface area contributed by atoms with Crippen LogP contribution in [0.5, 0.6) is 5.75 Å². The Morgan fingerprint density at radius 2 is 1.16 bits per heavy atom. The van der Waals surface area contributed by atoms with Crippen LogP contribution in [0.3, 0.4) is 0 Å². The zero-order chi connectivity index (χ0) is 26.8. The van der Waals surface area contributed by atoms with Gasteiger partial charge < -0.3 is 4.74 Å². The van der Waals surface area contributed by atoms with Gasteiger partial charge in [-0.2, -0.15) is 19.6 Å². The molecule has 0 saturated carbocycles. The number of rotatable bonds is 6. The van der Waals surface area contributed by atoms with E-state index in [0.29, 0.717) is 17.1 Å². The highest BCUT2D eigenvalue weighted by Crippen LogP contribution is 2.32. The molecule has 0 atom stereocenters. The van der Waals surface area contributed by atoms with Crippen molar-refractivity contribution in [2.45, 2.75) is 27.2 Å². The predicted molar refractivity (Wildman–Crippen MR) is 148 cm³/mol. The van der Waals surface area contributed by atoms with E-state index in [0.717, 1.165) is 40.1 Å². The maximum atomic E-state index is 12.5. The Morgan fingerprint density at radius 1 is 0.684 bits per heavy atom. The summed E-state index contributed by atoms with van der Waals surface area (Å²) >= 11 is 0. The molecule has 0 amide bonds. The summed E-state index contributed by atoms with van der Waals surface area (Å²) in [5, 5.41) is 9.18. The average molecular weight is 505 g/mol. The van der Waals surface area contributed by atoms with Crippen molar-refractivity contribution in [1.82, 2.24) is 19.6 Å². The second-order valence-electron chi connectivity index (χ2n) is 9.05. The van der Waals surface area contributed by atoms with Crippen LogP contribution >= 0.6 is 0 Å². The summed E-state index contributed by atoms with van der Waals surface area (Å²) in [4.78, 5) is 25.0. The van der Waals surface area contributed by atoms with E-state index in [-0.39, 0.29) is 11.8 Å². The van der Waals surface area contributed by atoms with Gasteiger partial charge in [-0.3, -0.25) is 9.59 Å². The van der Waals surface area contributed by atoms with Crippen LogP contribution in [0.4, 0.5) is 0 Å². The average Bonchev–Trinajstić information content (AvgIpc) is 3.59. The molecule has 0 aliphatic heterocycles. The molecule has 5 aromatic rings. The summed E-state index contributed by atoms with van der Waals surface area (Å²) < 4.78 is 8.08. The zero-order valence-electron chi connectivity index (χ0n) is 21.8. The minimum atomic E-state index is -0.197. The number of methoxy groups -OCH3 is 1. The lowest BCUT2D eigenvalue weighted by molar-refractivity contribution is 0.0915. The highest BCUT2D eigenvalue weighted by molar-refractivity contribution is 5.87. The highest BCUT2D eigenvalue weighted by atomic mass is 16.5. The molecule has 0 bridgehead atoms. The molecule has 38 heavy (non-hydrogen) atoms. The first-order valence-electron chi connectivity index (χ1n) is 12.4. The van der Waals surface area contributed by atoms with Gasteiger partial charge in [0.1, 0.15) is 5.75 Å². The van der Waals surface area contributed by atoms with Crippen molar-refractivity contribution in [1.29, 1.82) is 0 Å². The number of aryl methyl sites for hydroxylation is 1. The van der Waals surface area contributed by atoms with Crippen LogP contribution in [0, 0.1) is 0 Å². The van der Waals surface area contributed by atoms with Crippen molar-refractivity contribution < 1.29 is 14.3 Å². The van der Waals surface area contributed by atoms with Crippen molar-refractivity contribution in [3.05, 3.63) is 90.5 Å². The van der Waals surface area contributed by atoms with Crippen LogP contribution in [0.1, 0.15) is 35.9 Å². The minimum Gasteiger partial charge on any atom is -0.497 e. The largest absolute Gasteiger partial charge is 0.497 e. The van der Waals surface area contributed by atoms with Gasteiger partial charge in [0.2, 0.25) is 11.8 Å². The quantitative estimate of drug-likeness (QED) is 0.259. The smallest absolute Gasteiger partial charge is 0.244 e. The SMILES string of the molecule is CCc1ccc(-c2cc(-c3cccc(-c4cc(-c5ccc(OC)cc5)nn4C(C)=O)c3)n(C(C)=O)n2)cc1. The highest BCUT2D eigenvalue weighted by Gasteiger charge is 2.18. The topological polar surface area (TPSA) is 79.0 Å². The van der Waals surface area contributed by atoms with Gasteiger partial charge in [-0.25, -0.2) is 0 Å². The normalized spacial score (nSPS) is 10.9. The second-order valence-corrected chi connectivity index (χ2v) is 9.05. The first-order chi connectivity index (χ1) is 18.4. The standard InChI is InChI=1S/C31H28N4O3/c1-5-22-9-11-23(12-10-22)28-18-30(34(32-28)20(2)36)25-7-6-8-26(17-25)31-19-29(33-35(31)21(3)37)24-13-15-27(38-4)16-14-24/h6-19H,5H2,1-4H3. The summed E-state index contributed by atoms with van der Waals surface area (Å²) in [6.45, 7) is 5.10. The molecule has 0 fully saturated rings. The Labute approximate surface area is 221 Å². The van der Waals surface area contributed by atoms with E-state index >= 15 is 0 Å². The molecule has 7 nitrogen and oxygen atoms in total. The third kappa shape index (κ3) is 4.78. The Morgan fingerprint density at radius 3 is 1.58 bits per heavy atom. The van der Waals surface area contributed by atoms with Crippen molar-refractivity contribution in [2.75, 3.05) is 7.11 Å². The van der Waals surface area contributed by atoms with Gasteiger partial charge in [-0.05, 0) is 54.4 Å². The molecule has 0 aliphatic rings. The van der Waals surface area contributed by atoms with E-state index in [2.05, 4.69) is 29.3 Å². The number of carbonyl (C=O) groups is 2. The van der Waals surface area contributed by atoms with Crippen molar-refractivity contribution >= 4 is 11.8 Å². The number of carbonyl (C=O) groups excluding carboxylic acids is 2. The molecule has 5 rings (SSSR count). The van der Waals surface area contributed by atoms with Crippen LogP contribution in [-0.4, -0.2) is 38.5 Å². The lowest BCUT2D eigenvalue weighted by atomic mass is 10.0. The molecule has 190 valence electrons. The molecule has 0 spiro atoms. The fourth-order valence-electron chi connectivity index (χ4n) is 4.45. The van der Waals surface area contributed by atoms with Gasteiger partial charge in [-0.15, -0.1) is 0 Å². The molecule has 0 radical (unpaired) electrons. The number of ether oxygens (including phenoxy) is 1. The van der Waals surface area contributed by atoms with Crippen LogP contribution in [0.25, 0.3) is 45.0 Å². The molecule has 7 heteroatoms. The Bertz CT molecular complexity index is 1510. The number of aromatic nitrogens is 4. The van der Waals surface area contributed by atoms with Gasteiger partial charge in [-0.1, -0.05) is 49.4 Å². The van der Waals surface area contributed by atoms with E-state index in [1.54, 1.807) is 7.11 Å². The molecular formula is C31H28N4O3. The fraction of sp³-hybridized carbons (Fsp3) is 0.161. The van der Waals surface area contributed by atoms with E-state index < -0.39 is 0 Å². The molecule has 0 saturated heterocycles. The lowest BCUT2D eigenvalue weighted by Gasteiger charge is -2.07. The van der Waals surface area contributed by atoms with E-state index in [1.807, 2.05) is 72.8 Å². The van der Waals surface area contributed by atoms with Crippen LogP contribution in [0.15, 0.2) is 84.9 Å². The third-order valence-corrected chi connectivity index (χ3v) is 6.51. The van der Waals surface area contributed by atoms with E-state index in [1.165, 1.54) is 28.8 Å². The summed E-state index contributed by atoms with van der Waals surface area (Å²) in [6, 6.07) is 27.3. The van der Waals surface area contributed by atoms with Gasteiger partial charge in [0.25, 0.3) is 0 Å². The Kier molecular flexibility index (Phi) is 6.75. The van der Waals surface area contributed by atoms with Gasteiger partial charge in [0.05, 0.1) is 29.9 Å². The summed E-state index contributed by atoms with van der Waals surface area (Å²) in [6.07, 6.45) is 0.956. The van der Waals surface area contributed by atoms with E-state index in [4.69, 9.17) is 4.74 Å². The number of hydrogen-bond acceptors (Lipinski definition) is 5. The Hall–Kier alpha value is -4.78. The summed E-state index contributed by atoms with van der Waals surface area (Å²) in [5.74, 6) is 0.365. The second kappa shape index (κ2) is 10.3. The Balaban J connectivity index is 1.57. The molecule has 0 N–H and O–H groups in total. The minimum absolute atomic E-state index is 0.183. The van der Waals surface area contributed by atoms with Gasteiger partial charge in [0.15, 0.2) is 0 Å². The number of nitrogens with zero attached hydrogens (tertiary/aromatic N) is 4. The number of benzene rings is 3. The molecule has 2 aromatic heterocycles. The van der Waals surface area contributed by atoms with Gasteiger partial charge >= 0.3 is 0 Å². The molecule has 3 aromatic carbocycles. The predicted octanol–water partition coefficient (Wildman–Crippen LogP) is 6.64. The molecular weight excluding hydrogens is 476 g/mol. The van der Waals surface area contributed by atoms with Crippen LogP contribution in [0.2, 0.25) is 0 Å². The molecule has 0 aliphatic carbocycles. The fourth-order valence-corrected chi connectivity index (χ4v) is 4.45. The first-order valence-corrected chi connectivity index (χ1v) is 12.4. The number of hydrogen-bond donors (Lipinski definition) is 0. The van der Waals surface area contributed by atoms with Crippen molar-refractivity contribution in [3.8, 4) is 50.8 Å². The summed E-state index contributed by atoms with van der Waals surface area (Å²) in [5.41, 5.74) is 7.40. The first kappa shape index (κ1) is 24.9. The monoisotopic (exact) mass is 504 g/mol. The van der Waals surface area contributed by atoms with Crippen molar-refractivity contribution in [2.24, 2.45) is 0 Å². The lowest BCUT2D eigenvalue weighted by Crippen LogP contribution is -2.10. The van der Waals surface area contributed by atoms with E-state index in [9.17, 15) is 9.59 Å². The zero-order valence-corrected chi connectivity index (χ0v) is 21.8. The third-order valence-electron chi connectivity index (χ3n) is 6.51.